The van der Waals surface area contributed by atoms with Crippen LogP contribution >= 0.6 is 11.6 Å². The van der Waals surface area contributed by atoms with E-state index in [-0.39, 0.29) is 6.61 Å². The summed E-state index contributed by atoms with van der Waals surface area (Å²) < 4.78 is 6.96. The minimum absolute atomic E-state index is 0.360. The maximum atomic E-state index is 12.0. The first-order valence-electron chi connectivity index (χ1n) is 7.58. The molecule has 2 aromatic carbocycles. The van der Waals surface area contributed by atoms with E-state index in [0.29, 0.717) is 16.3 Å². The molecule has 25 heavy (non-hydrogen) atoms. The highest BCUT2D eigenvalue weighted by Crippen LogP contribution is 2.14. The zero-order valence-electron chi connectivity index (χ0n) is 13.2. The van der Waals surface area contributed by atoms with Crippen molar-refractivity contribution in [1.29, 1.82) is 0 Å². The summed E-state index contributed by atoms with van der Waals surface area (Å²) in [6.45, 7) is -0.360. The second-order valence-electron chi connectivity index (χ2n) is 5.27. The number of aromatic nitrogens is 1. The number of hydrogen-bond donors (Lipinski definition) is 1. The van der Waals surface area contributed by atoms with Gasteiger partial charge in [0.05, 0.1) is 5.56 Å². The van der Waals surface area contributed by atoms with E-state index >= 15 is 0 Å². The van der Waals surface area contributed by atoms with Crippen LogP contribution in [0.25, 0.3) is 5.69 Å². The average molecular weight is 355 g/mol. The summed E-state index contributed by atoms with van der Waals surface area (Å²) in [4.78, 5) is 23.8. The molecular weight excluding hydrogens is 340 g/mol. The molecule has 0 aliphatic heterocycles. The number of amides is 1. The van der Waals surface area contributed by atoms with Crippen LogP contribution in [0, 0.1) is 0 Å². The van der Waals surface area contributed by atoms with E-state index < -0.39 is 11.9 Å². The highest BCUT2D eigenvalue weighted by atomic mass is 35.5. The van der Waals surface area contributed by atoms with Crippen LogP contribution in [0.5, 0.6) is 0 Å². The van der Waals surface area contributed by atoms with Crippen LogP contribution in [0.1, 0.15) is 10.4 Å². The maximum absolute atomic E-state index is 12.0. The van der Waals surface area contributed by atoms with Crippen molar-refractivity contribution in [2.75, 3.05) is 11.9 Å². The number of nitrogens with one attached hydrogen (secondary N) is 1. The fourth-order valence-corrected chi connectivity index (χ4v) is 2.35. The lowest BCUT2D eigenvalue weighted by Gasteiger charge is -2.08. The molecule has 1 aromatic heterocycles. The Bertz CT molecular complexity index is 857. The molecule has 3 aromatic rings. The summed E-state index contributed by atoms with van der Waals surface area (Å²) in [5.74, 6) is -0.968. The molecule has 0 spiro atoms. The molecular formula is C19H15ClN2O3. The van der Waals surface area contributed by atoms with Gasteiger partial charge in [-0.1, -0.05) is 11.6 Å². The van der Waals surface area contributed by atoms with Crippen LogP contribution in [0.15, 0.2) is 73.1 Å². The molecule has 126 valence electrons. The molecule has 1 heterocycles. The van der Waals surface area contributed by atoms with E-state index in [2.05, 4.69) is 5.32 Å². The van der Waals surface area contributed by atoms with E-state index in [4.69, 9.17) is 16.3 Å². The summed E-state index contributed by atoms with van der Waals surface area (Å²) in [5.41, 5.74) is 1.90. The van der Waals surface area contributed by atoms with Crippen LogP contribution in [-0.4, -0.2) is 23.1 Å². The number of halogens is 1. The Morgan fingerprint density at radius 2 is 1.60 bits per heavy atom. The molecule has 3 rings (SSSR count). The van der Waals surface area contributed by atoms with Crippen molar-refractivity contribution >= 4 is 29.2 Å². The first kappa shape index (κ1) is 16.8. The Kier molecular flexibility index (Phi) is 5.16. The van der Waals surface area contributed by atoms with Gasteiger partial charge in [-0.3, -0.25) is 4.79 Å². The molecule has 0 unspecified atom stereocenters. The number of nitrogens with zero attached hydrogens (tertiary/aromatic N) is 1. The third-order valence-electron chi connectivity index (χ3n) is 3.47. The topological polar surface area (TPSA) is 60.3 Å². The van der Waals surface area contributed by atoms with Gasteiger partial charge in [-0.25, -0.2) is 4.79 Å². The number of ether oxygens (including phenoxy) is 1. The molecule has 0 saturated heterocycles. The molecule has 0 radical (unpaired) electrons. The Hall–Kier alpha value is -3.05. The number of hydrogen-bond acceptors (Lipinski definition) is 3. The van der Waals surface area contributed by atoms with E-state index in [9.17, 15) is 9.59 Å². The quantitative estimate of drug-likeness (QED) is 0.706. The molecule has 0 bridgehead atoms. The Balaban J connectivity index is 1.53. The van der Waals surface area contributed by atoms with Crippen LogP contribution in [0.3, 0.4) is 0 Å². The Morgan fingerprint density at radius 3 is 2.24 bits per heavy atom. The fourth-order valence-electron chi connectivity index (χ4n) is 2.22. The van der Waals surface area contributed by atoms with Crippen molar-refractivity contribution in [2.24, 2.45) is 0 Å². The molecule has 5 nitrogen and oxygen atoms in total. The van der Waals surface area contributed by atoms with Crippen LogP contribution in [-0.2, 0) is 9.53 Å². The molecule has 0 atom stereocenters. The number of carbonyl (C=O) groups excluding carboxylic acids is 2. The predicted molar refractivity (Wildman–Crippen MR) is 96.1 cm³/mol. The number of rotatable bonds is 5. The second kappa shape index (κ2) is 7.68. The first-order valence-corrected chi connectivity index (χ1v) is 7.95. The lowest BCUT2D eigenvalue weighted by molar-refractivity contribution is -0.119. The van der Waals surface area contributed by atoms with Crippen LogP contribution in [0.4, 0.5) is 5.69 Å². The van der Waals surface area contributed by atoms with Crippen molar-refractivity contribution in [2.45, 2.75) is 0 Å². The van der Waals surface area contributed by atoms with E-state index in [1.807, 2.05) is 41.2 Å². The molecule has 1 N–H and O–H groups in total. The van der Waals surface area contributed by atoms with Crippen LogP contribution < -0.4 is 5.32 Å². The minimum Gasteiger partial charge on any atom is -0.452 e. The zero-order valence-corrected chi connectivity index (χ0v) is 13.9. The van der Waals surface area contributed by atoms with Gasteiger partial charge in [-0.15, -0.1) is 0 Å². The number of benzene rings is 2. The Morgan fingerprint density at radius 1 is 0.960 bits per heavy atom. The van der Waals surface area contributed by atoms with Crippen molar-refractivity contribution in [1.82, 2.24) is 4.57 Å². The number of esters is 1. The van der Waals surface area contributed by atoms with Crippen molar-refractivity contribution in [3.8, 4) is 5.69 Å². The average Bonchev–Trinajstić information content (AvgIpc) is 3.16. The molecule has 6 heteroatoms. The lowest BCUT2D eigenvalue weighted by Crippen LogP contribution is -2.20. The van der Waals surface area contributed by atoms with Gasteiger partial charge in [0, 0.05) is 28.8 Å². The highest BCUT2D eigenvalue weighted by molar-refractivity contribution is 6.30. The molecule has 1 amide bonds. The van der Waals surface area contributed by atoms with Gasteiger partial charge in [0.2, 0.25) is 0 Å². The standard InChI is InChI=1S/C19H15ClN2O3/c20-15-5-7-16(8-6-15)21-18(23)13-25-19(24)14-3-9-17(10-4-14)22-11-1-2-12-22/h1-12H,13H2,(H,21,23). The highest BCUT2D eigenvalue weighted by Gasteiger charge is 2.10. The summed E-state index contributed by atoms with van der Waals surface area (Å²) in [5, 5.41) is 3.20. The maximum Gasteiger partial charge on any atom is 0.338 e. The zero-order chi connectivity index (χ0) is 17.6. The normalized spacial score (nSPS) is 10.3. The fraction of sp³-hybridized carbons (Fsp3) is 0.0526. The van der Waals surface area contributed by atoms with Gasteiger partial charge in [0.1, 0.15) is 0 Å². The molecule has 0 saturated carbocycles. The molecule has 0 aliphatic carbocycles. The SMILES string of the molecule is O=C(COC(=O)c1ccc(-n2cccc2)cc1)Nc1ccc(Cl)cc1. The number of anilines is 1. The summed E-state index contributed by atoms with van der Waals surface area (Å²) in [7, 11) is 0. The monoisotopic (exact) mass is 354 g/mol. The van der Waals surface area contributed by atoms with Crippen molar-refractivity contribution < 1.29 is 14.3 Å². The number of carbonyl (C=O) groups is 2. The van der Waals surface area contributed by atoms with E-state index in [1.165, 1.54) is 0 Å². The predicted octanol–water partition coefficient (Wildman–Crippen LogP) is 3.93. The third kappa shape index (κ3) is 4.49. The van der Waals surface area contributed by atoms with Crippen molar-refractivity contribution in [3.63, 3.8) is 0 Å². The summed E-state index contributed by atoms with van der Waals surface area (Å²) >= 11 is 5.78. The van der Waals surface area contributed by atoms with Gasteiger partial charge in [-0.2, -0.15) is 0 Å². The summed E-state index contributed by atoms with van der Waals surface area (Å²) in [6.07, 6.45) is 3.82. The molecule has 0 aliphatic rings. The first-order chi connectivity index (χ1) is 12.1. The lowest BCUT2D eigenvalue weighted by atomic mass is 10.2. The van der Waals surface area contributed by atoms with Gasteiger partial charge < -0.3 is 14.6 Å². The summed E-state index contributed by atoms with van der Waals surface area (Å²) in [6, 6.07) is 17.4. The van der Waals surface area contributed by atoms with Gasteiger partial charge in [-0.05, 0) is 60.7 Å². The van der Waals surface area contributed by atoms with E-state index in [1.54, 1.807) is 36.4 Å². The third-order valence-corrected chi connectivity index (χ3v) is 3.72. The van der Waals surface area contributed by atoms with Crippen LogP contribution in [0.2, 0.25) is 5.02 Å². The molecule has 0 fully saturated rings. The van der Waals surface area contributed by atoms with Crippen molar-refractivity contribution in [3.05, 3.63) is 83.6 Å². The second-order valence-corrected chi connectivity index (χ2v) is 5.70. The van der Waals surface area contributed by atoms with Gasteiger partial charge in [0.25, 0.3) is 5.91 Å². The van der Waals surface area contributed by atoms with Gasteiger partial charge in [0.15, 0.2) is 6.61 Å². The van der Waals surface area contributed by atoms with Gasteiger partial charge >= 0.3 is 5.97 Å². The smallest absolute Gasteiger partial charge is 0.338 e. The minimum atomic E-state index is -0.551. The van der Waals surface area contributed by atoms with E-state index in [0.717, 1.165) is 5.69 Å². The largest absolute Gasteiger partial charge is 0.452 e. The Labute approximate surface area is 149 Å².